The molecule has 0 amide bonds. The summed E-state index contributed by atoms with van der Waals surface area (Å²) in [4.78, 5) is 7.43. The van der Waals surface area contributed by atoms with Gasteiger partial charge in [-0.15, -0.1) is 0 Å². The Bertz CT molecular complexity index is 645. The van der Waals surface area contributed by atoms with Crippen molar-refractivity contribution in [1.29, 1.82) is 0 Å². The fourth-order valence-corrected chi connectivity index (χ4v) is 3.73. The minimum Gasteiger partial charge on any atom is -0.493 e. The highest BCUT2D eigenvalue weighted by atomic mass is 16.5. The maximum atomic E-state index is 5.53. The lowest BCUT2D eigenvalue weighted by Crippen LogP contribution is -2.46. The van der Waals surface area contributed by atoms with Crippen LogP contribution in [0.2, 0.25) is 0 Å². The van der Waals surface area contributed by atoms with Crippen LogP contribution in [0.5, 0.6) is 11.5 Å². The van der Waals surface area contributed by atoms with Crippen molar-refractivity contribution < 1.29 is 14.2 Å². The van der Waals surface area contributed by atoms with Crippen molar-refractivity contribution in [3.8, 4) is 11.5 Å². The second kappa shape index (κ2) is 13.3. The number of methoxy groups -OCH3 is 2. The topological polar surface area (TPSA) is 67.4 Å². The lowest BCUT2D eigenvalue weighted by molar-refractivity contribution is 0.0143. The van der Waals surface area contributed by atoms with Gasteiger partial charge in [-0.3, -0.25) is 9.89 Å². The predicted molar refractivity (Wildman–Crippen MR) is 123 cm³/mol. The molecule has 2 rings (SSSR count). The van der Waals surface area contributed by atoms with E-state index < -0.39 is 0 Å². The zero-order chi connectivity index (χ0) is 21.8. The van der Waals surface area contributed by atoms with Crippen LogP contribution in [0, 0.1) is 5.92 Å². The van der Waals surface area contributed by atoms with Gasteiger partial charge < -0.3 is 24.8 Å². The van der Waals surface area contributed by atoms with Crippen LogP contribution in [-0.4, -0.2) is 77.1 Å². The maximum absolute atomic E-state index is 5.53. The Morgan fingerprint density at radius 1 is 1.13 bits per heavy atom. The zero-order valence-corrected chi connectivity index (χ0v) is 19.4. The lowest BCUT2D eigenvalue weighted by atomic mass is 10.0. The minimum atomic E-state index is 0.454. The molecule has 0 spiro atoms. The SMILES string of the molecule is CCNC(=NCC(CC(C)C)N1CCOCC1)NCCc1ccc(OC)c(OC)c1. The number of rotatable bonds is 11. The standard InChI is InChI=1S/C23H40N4O3/c1-6-24-23(25-10-9-19-7-8-21(28-4)22(16-19)29-5)26-17-20(15-18(2)3)27-11-13-30-14-12-27/h7-8,16,18,20H,6,9-15,17H2,1-5H3,(H2,24,25,26). The first-order chi connectivity index (χ1) is 14.6. The average Bonchev–Trinajstić information content (AvgIpc) is 2.76. The molecule has 1 saturated heterocycles. The van der Waals surface area contributed by atoms with Gasteiger partial charge >= 0.3 is 0 Å². The Labute approximate surface area is 182 Å². The summed E-state index contributed by atoms with van der Waals surface area (Å²) >= 11 is 0. The van der Waals surface area contributed by atoms with Crippen LogP contribution in [0.3, 0.4) is 0 Å². The maximum Gasteiger partial charge on any atom is 0.191 e. The molecule has 7 nitrogen and oxygen atoms in total. The Kier molecular flexibility index (Phi) is 10.8. The molecule has 1 aliphatic rings. The number of benzene rings is 1. The normalized spacial score (nSPS) is 16.4. The van der Waals surface area contributed by atoms with E-state index in [0.717, 1.165) is 76.2 Å². The first kappa shape index (κ1) is 24.3. The molecule has 0 bridgehead atoms. The van der Waals surface area contributed by atoms with E-state index >= 15 is 0 Å². The van der Waals surface area contributed by atoms with Crippen molar-refractivity contribution in [2.75, 3.05) is 60.2 Å². The summed E-state index contributed by atoms with van der Waals surface area (Å²) in [5, 5.41) is 6.84. The molecular formula is C23H40N4O3. The van der Waals surface area contributed by atoms with Crippen LogP contribution in [0.4, 0.5) is 0 Å². The molecule has 1 fully saturated rings. The highest BCUT2D eigenvalue weighted by Crippen LogP contribution is 2.27. The molecule has 7 heteroatoms. The number of nitrogens with one attached hydrogen (secondary N) is 2. The Morgan fingerprint density at radius 2 is 1.87 bits per heavy atom. The quantitative estimate of drug-likeness (QED) is 0.424. The molecule has 170 valence electrons. The summed E-state index contributed by atoms with van der Waals surface area (Å²) in [6, 6.07) is 6.51. The number of guanidine groups is 1. The number of nitrogens with zero attached hydrogens (tertiary/aromatic N) is 2. The van der Waals surface area contributed by atoms with Gasteiger partial charge in [-0.25, -0.2) is 0 Å². The Hall–Kier alpha value is -1.99. The van der Waals surface area contributed by atoms with E-state index in [4.69, 9.17) is 19.2 Å². The molecule has 30 heavy (non-hydrogen) atoms. The third kappa shape index (κ3) is 8.03. The van der Waals surface area contributed by atoms with Crippen molar-refractivity contribution in [3.63, 3.8) is 0 Å². The van der Waals surface area contributed by atoms with Crippen LogP contribution in [0.25, 0.3) is 0 Å². The van der Waals surface area contributed by atoms with Gasteiger partial charge in [0.05, 0.1) is 34.0 Å². The monoisotopic (exact) mass is 420 g/mol. The van der Waals surface area contributed by atoms with Crippen LogP contribution < -0.4 is 20.1 Å². The molecule has 0 saturated carbocycles. The molecule has 1 heterocycles. The van der Waals surface area contributed by atoms with Crippen molar-refractivity contribution in [3.05, 3.63) is 23.8 Å². The molecular weight excluding hydrogens is 380 g/mol. The largest absolute Gasteiger partial charge is 0.493 e. The number of aliphatic imine (C=N–C) groups is 1. The van der Waals surface area contributed by atoms with Gasteiger partial charge in [-0.05, 0) is 43.4 Å². The van der Waals surface area contributed by atoms with E-state index in [1.165, 1.54) is 5.56 Å². The second-order valence-electron chi connectivity index (χ2n) is 8.02. The van der Waals surface area contributed by atoms with Gasteiger partial charge in [0.2, 0.25) is 0 Å². The summed E-state index contributed by atoms with van der Waals surface area (Å²) in [6.45, 7) is 12.7. The molecule has 1 unspecified atom stereocenters. The first-order valence-corrected chi connectivity index (χ1v) is 11.1. The van der Waals surface area contributed by atoms with E-state index in [9.17, 15) is 0 Å². The summed E-state index contributed by atoms with van der Waals surface area (Å²) in [7, 11) is 3.32. The van der Waals surface area contributed by atoms with E-state index in [-0.39, 0.29) is 0 Å². The lowest BCUT2D eigenvalue weighted by Gasteiger charge is -2.34. The molecule has 0 aromatic heterocycles. The molecule has 2 N–H and O–H groups in total. The van der Waals surface area contributed by atoms with Crippen molar-refractivity contribution in [2.24, 2.45) is 10.9 Å². The van der Waals surface area contributed by atoms with Crippen LogP contribution in [0.1, 0.15) is 32.8 Å². The first-order valence-electron chi connectivity index (χ1n) is 11.1. The third-order valence-corrected chi connectivity index (χ3v) is 5.26. The molecule has 0 aliphatic carbocycles. The van der Waals surface area contributed by atoms with Gasteiger partial charge in [-0.2, -0.15) is 0 Å². The van der Waals surface area contributed by atoms with Crippen LogP contribution >= 0.6 is 0 Å². The van der Waals surface area contributed by atoms with Gasteiger partial charge in [0, 0.05) is 32.2 Å². The predicted octanol–water partition coefficient (Wildman–Crippen LogP) is 2.55. The summed E-state index contributed by atoms with van der Waals surface area (Å²) in [5.74, 6) is 3.04. The van der Waals surface area contributed by atoms with Gasteiger partial charge in [0.1, 0.15) is 0 Å². The van der Waals surface area contributed by atoms with Crippen molar-refractivity contribution in [2.45, 2.75) is 39.7 Å². The molecule has 1 atom stereocenters. The Balaban J connectivity index is 1.93. The van der Waals surface area contributed by atoms with E-state index in [2.05, 4.69) is 42.4 Å². The third-order valence-electron chi connectivity index (χ3n) is 5.26. The van der Waals surface area contributed by atoms with Crippen molar-refractivity contribution in [1.82, 2.24) is 15.5 Å². The Morgan fingerprint density at radius 3 is 2.50 bits per heavy atom. The minimum absolute atomic E-state index is 0.454. The van der Waals surface area contributed by atoms with Crippen molar-refractivity contribution >= 4 is 5.96 Å². The smallest absolute Gasteiger partial charge is 0.191 e. The summed E-state index contributed by atoms with van der Waals surface area (Å²) in [5.41, 5.74) is 1.20. The van der Waals surface area contributed by atoms with Gasteiger partial charge in [0.25, 0.3) is 0 Å². The summed E-state index contributed by atoms with van der Waals surface area (Å²) in [6.07, 6.45) is 2.03. The molecule has 1 aliphatic heterocycles. The molecule has 1 aromatic rings. The van der Waals surface area contributed by atoms with Crippen LogP contribution in [0.15, 0.2) is 23.2 Å². The highest BCUT2D eigenvalue weighted by Gasteiger charge is 2.21. The van der Waals surface area contributed by atoms with Crippen LogP contribution in [-0.2, 0) is 11.2 Å². The number of ether oxygens (including phenoxy) is 3. The van der Waals surface area contributed by atoms with E-state index in [0.29, 0.717) is 12.0 Å². The number of hydrogen-bond donors (Lipinski definition) is 2. The fourth-order valence-electron chi connectivity index (χ4n) is 3.73. The molecule has 1 aromatic carbocycles. The zero-order valence-electron chi connectivity index (χ0n) is 19.4. The average molecular weight is 421 g/mol. The highest BCUT2D eigenvalue weighted by molar-refractivity contribution is 5.79. The number of morpholine rings is 1. The summed E-state index contributed by atoms with van der Waals surface area (Å²) < 4.78 is 16.2. The second-order valence-corrected chi connectivity index (χ2v) is 8.02. The van der Waals surface area contributed by atoms with Gasteiger partial charge in [-0.1, -0.05) is 19.9 Å². The van der Waals surface area contributed by atoms with E-state index in [1.54, 1.807) is 14.2 Å². The van der Waals surface area contributed by atoms with E-state index in [1.807, 2.05) is 12.1 Å². The molecule has 0 radical (unpaired) electrons. The number of hydrogen-bond acceptors (Lipinski definition) is 5. The fraction of sp³-hybridized carbons (Fsp3) is 0.696. The van der Waals surface area contributed by atoms with Gasteiger partial charge in [0.15, 0.2) is 17.5 Å².